The minimum atomic E-state index is -0.0901. The summed E-state index contributed by atoms with van der Waals surface area (Å²) in [5.41, 5.74) is 6.69. The zero-order chi connectivity index (χ0) is 13.0. The van der Waals surface area contributed by atoms with E-state index in [1.807, 2.05) is 0 Å². The van der Waals surface area contributed by atoms with Crippen LogP contribution in [-0.4, -0.2) is 17.4 Å². The molecule has 3 N–H and O–H groups in total. The number of pyridine rings is 1. The van der Waals surface area contributed by atoms with Gasteiger partial charge in [-0.15, -0.1) is 0 Å². The fraction of sp³-hybridized carbons (Fsp3) is 0.571. The molecule has 98 valence electrons. The summed E-state index contributed by atoms with van der Waals surface area (Å²) in [5.74, 6) is 1.22. The van der Waals surface area contributed by atoms with Crippen molar-refractivity contribution in [3.8, 4) is 0 Å². The van der Waals surface area contributed by atoms with Gasteiger partial charge in [0, 0.05) is 12.7 Å². The van der Waals surface area contributed by atoms with E-state index in [1.54, 1.807) is 12.3 Å². The topological polar surface area (TPSA) is 68.0 Å². The number of nitrogens with zero attached hydrogens (tertiary/aromatic N) is 1. The van der Waals surface area contributed by atoms with Crippen molar-refractivity contribution in [1.82, 2.24) is 10.3 Å². The van der Waals surface area contributed by atoms with Gasteiger partial charge in [-0.25, -0.2) is 0 Å². The van der Waals surface area contributed by atoms with Crippen LogP contribution < -0.4 is 11.1 Å². The predicted molar refractivity (Wildman–Crippen MR) is 72.1 cm³/mol. The number of carbonyl (C=O) groups excluding carboxylic acids is 1. The molecule has 2 atom stereocenters. The van der Waals surface area contributed by atoms with Crippen LogP contribution in [0.3, 0.4) is 0 Å². The minimum Gasteiger partial charge on any atom is -0.397 e. The van der Waals surface area contributed by atoms with Crippen molar-refractivity contribution in [3.63, 3.8) is 0 Å². The van der Waals surface area contributed by atoms with Crippen LogP contribution in [0.1, 0.15) is 43.0 Å². The van der Waals surface area contributed by atoms with E-state index in [4.69, 9.17) is 5.73 Å². The third-order valence-corrected chi connectivity index (χ3v) is 3.91. The highest BCUT2D eigenvalue weighted by molar-refractivity contribution is 5.98. The van der Waals surface area contributed by atoms with Crippen molar-refractivity contribution in [2.24, 2.45) is 11.8 Å². The van der Waals surface area contributed by atoms with E-state index < -0.39 is 0 Å². The number of hydrogen-bond donors (Lipinski definition) is 2. The summed E-state index contributed by atoms with van der Waals surface area (Å²) in [5, 5.41) is 2.99. The smallest absolute Gasteiger partial charge is 0.253 e. The molecule has 4 heteroatoms. The molecular formula is C14H21N3O. The number of nitrogens with one attached hydrogen (secondary N) is 1. The summed E-state index contributed by atoms with van der Waals surface area (Å²) in [4.78, 5) is 15.9. The van der Waals surface area contributed by atoms with E-state index in [-0.39, 0.29) is 5.91 Å². The highest BCUT2D eigenvalue weighted by Crippen LogP contribution is 2.28. The molecule has 1 fully saturated rings. The minimum absolute atomic E-state index is 0.0901. The second-order valence-corrected chi connectivity index (χ2v) is 5.19. The SMILES string of the molecule is CC1CCCCC1CNC(=O)c1ccncc1N. The van der Waals surface area contributed by atoms with Gasteiger partial charge in [0.05, 0.1) is 17.4 Å². The van der Waals surface area contributed by atoms with Crippen LogP contribution in [0.25, 0.3) is 0 Å². The van der Waals surface area contributed by atoms with Gasteiger partial charge >= 0.3 is 0 Å². The first-order chi connectivity index (χ1) is 8.68. The van der Waals surface area contributed by atoms with Crippen LogP contribution in [0.5, 0.6) is 0 Å². The summed E-state index contributed by atoms with van der Waals surface area (Å²) in [6, 6.07) is 1.66. The molecule has 1 aliphatic carbocycles. The molecule has 18 heavy (non-hydrogen) atoms. The number of nitrogens with two attached hydrogens (primary N) is 1. The quantitative estimate of drug-likeness (QED) is 0.860. The fourth-order valence-electron chi connectivity index (χ4n) is 2.63. The number of amides is 1. The van der Waals surface area contributed by atoms with Crippen molar-refractivity contribution >= 4 is 11.6 Å². The third-order valence-electron chi connectivity index (χ3n) is 3.91. The van der Waals surface area contributed by atoms with Crippen LogP contribution >= 0.6 is 0 Å². The van der Waals surface area contributed by atoms with Crippen molar-refractivity contribution in [2.45, 2.75) is 32.6 Å². The van der Waals surface area contributed by atoms with Crippen LogP contribution in [0.4, 0.5) is 5.69 Å². The molecule has 0 spiro atoms. The van der Waals surface area contributed by atoms with E-state index in [9.17, 15) is 4.79 Å². The molecule has 4 nitrogen and oxygen atoms in total. The summed E-state index contributed by atoms with van der Waals surface area (Å²) in [7, 11) is 0. The molecule has 1 saturated carbocycles. The summed E-state index contributed by atoms with van der Waals surface area (Å²) in [6.45, 7) is 3.03. The van der Waals surface area contributed by atoms with E-state index in [1.165, 1.54) is 31.9 Å². The Balaban J connectivity index is 1.90. The standard InChI is InChI=1S/C14H21N3O/c1-10-4-2-3-5-11(10)8-17-14(18)12-6-7-16-9-13(12)15/h6-7,9-11H,2-5,8,15H2,1H3,(H,17,18). The number of rotatable bonds is 3. The Labute approximate surface area is 108 Å². The molecule has 0 radical (unpaired) electrons. The first kappa shape index (κ1) is 12.9. The van der Waals surface area contributed by atoms with Crippen LogP contribution in [-0.2, 0) is 0 Å². The van der Waals surface area contributed by atoms with Gasteiger partial charge in [0.15, 0.2) is 0 Å². The molecule has 2 rings (SSSR count). The monoisotopic (exact) mass is 247 g/mol. The Kier molecular flexibility index (Phi) is 4.18. The predicted octanol–water partition coefficient (Wildman–Crippen LogP) is 2.22. The Morgan fingerprint density at radius 1 is 1.50 bits per heavy atom. The second-order valence-electron chi connectivity index (χ2n) is 5.19. The summed E-state index contributed by atoms with van der Waals surface area (Å²) in [6.07, 6.45) is 8.20. The molecule has 0 bridgehead atoms. The van der Waals surface area contributed by atoms with Gasteiger partial charge in [0.2, 0.25) is 0 Å². The Hall–Kier alpha value is -1.58. The zero-order valence-electron chi connectivity index (χ0n) is 10.9. The first-order valence-electron chi connectivity index (χ1n) is 6.66. The van der Waals surface area contributed by atoms with Gasteiger partial charge in [-0.3, -0.25) is 9.78 Å². The average molecular weight is 247 g/mol. The van der Waals surface area contributed by atoms with E-state index in [0.717, 1.165) is 6.54 Å². The normalized spacial score (nSPS) is 23.6. The Bertz CT molecular complexity index is 419. The lowest BCUT2D eigenvalue weighted by atomic mass is 9.80. The molecule has 0 saturated heterocycles. The van der Waals surface area contributed by atoms with Gasteiger partial charge in [0.25, 0.3) is 5.91 Å². The van der Waals surface area contributed by atoms with E-state index in [2.05, 4.69) is 17.2 Å². The lowest BCUT2D eigenvalue weighted by Crippen LogP contribution is -2.33. The largest absolute Gasteiger partial charge is 0.397 e. The molecule has 1 aliphatic rings. The second kappa shape index (κ2) is 5.85. The molecule has 1 aromatic heterocycles. The maximum Gasteiger partial charge on any atom is 0.253 e. The van der Waals surface area contributed by atoms with Gasteiger partial charge in [0.1, 0.15) is 0 Å². The number of aromatic nitrogens is 1. The van der Waals surface area contributed by atoms with E-state index >= 15 is 0 Å². The molecule has 0 aliphatic heterocycles. The Morgan fingerprint density at radius 3 is 3.00 bits per heavy atom. The molecule has 0 aromatic carbocycles. The fourth-order valence-corrected chi connectivity index (χ4v) is 2.63. The van der Waals surface area contributed by atoms with Crippen molar-refractivity contribution in [1.29, 1.82) is 0 Å². The zero-order valence-corrected chi connectivity index (χ0v) is 10.9. The number of carbonyl (C=O) groups is 1. The van der Waals surface area contributed by atoms with Crippen LogP contribution in [0.15, 0.2) is 18.5 Å². The average Bonchev–Trinajstić information content (AvgIpc) is 2.38. The molecule has 1 amide bonds. The lowest BCUT2D eigenvalue weighted by molar-refractivity contribution is 0.0937. The summed E-state index contributed by atoms with van der Waals surface area (Å²) < 4.78 is 0. The lowest BCUT2D eigenvalue weighted by Gasteiger charge is -2.28. The van der Waals surface area contributed by atoms with Crippen molar-refractivity contribution in [2.75, 3.05) is 12.3 Å². The van der Waals surface area contributed by atoms with Gasteiger partial charge < -0.3 is 11.1 Å². The number of hydrogen-bond acceptors (Lipinski definition) is 3. The van der Waals surface area contributed by atoms with Crippen molar-refractivity contribution < 1.29 is 4.79 Å². The molecule has 1 heterocycles. The summed E-state index contributed by atoms with van der Waals surface area (Å²) >= 11 is 0. The maximum absolute atomic E-state index is 12.0. The molecule has 2 unspecified atom stereocenters. The van der Waals surface area contributed by atoms with Gasteiger partial charge in [-0.1, -0.05) is 26.2 Å². The number of nitrogen functional groups attached to an aromatic ring is 1. The first-order valence-corrected chi connectivity index (χ1v) is 6.66. The van der Waals surface area contributed by atoms with Gasteiger partial charge in [-0.05, 0) is 24.3 Å². The molecular weight excluding hydrogens is 226 g/mol. The molecule has 1 aromatic rings. The van der Waals surface area contributed by atoms with Gasteiger partial charge in [-0.2, -0.15) is 0 Å². The highest BCUT2D eigenvalue weighted by atomic mass is 16.1. The maximum atomic E-state index is 12.0. The third kappa shape index (κ3) is 3.00. The number of anilines is 1. The van der Waals surface area contributed by atoms with Crippen LogP contribution in [0.2, 0.25) is 0 Å². The van der Waals surface area contributed by atoms with Crippen molar-refractivity contribution in [3.05, 3.63) is 24.0 Å². The van der Waals surface area contributed by atoms with Crippen LogP contribution in [0, 0.1) is 11.8 Å². The Morgan fingerprint density at radius 2 is 2.28 bits per heavy atom. The highest BCUT2D eigenvalue weighted by Gasteiger charge is 2.22. The van der Waals surface area contributed by atoms with E-state index in [0.29, 0.717) is 23.1 Å².